The Morgan fingerprint density at radius 2 is 1.25 bits per heavy atom. The summed E-state index contributed by atoms with van der Waals surface area (Å²) in [7, 11) is 0. The van der Waals surface area contributed by atoms with Crippen molar-refractivity contribution in [1.29, 1.82) is 0 Å². The molecule has 0 saturated heterocycles. The Labute approximate surface area is 159 Å². The van der Waals surface area contributed by atoms with Crippen molar-refractivity contribution in [2.75, 3.05) is 0 Å². The molecule has 0 radical (unpaired) electrons. The Morgan fingerprint density at radius 1 is 0.714 bits per heavy atom. The van der Waals surface area contributed by atoms with Crippen molar-refractivity contribution >= 4 is 43.6 Å². The number of aromatic amines is 2. The van der Waals surface area contributed by atoms with Crippen LogP contribution in [-0.4, -0.2) is 16.1 Å². The third kappa shape index (κ3) is 2.25. The molecule has 6 rings (SSSR count). The van der Waals surface area contributed by atoms with E-state index >= 15 is 0 Å². The van der Waals surface area contributed by atoms with E-state index in [0.29, 0.717) is 0 Å². The first kappa shape index (κ1) is 15.9. The summed E-state index contributed by atoms with van der Waals surface area (Å²) in [6.07, 6.45) is 4.56. The lowest BCUT2D eigenvalue weighted by Crippen LogP contribution is -2.11. The summed E-state index contributed by atoms with van der Waals surface area (Å²) >= 11 is 0. The number of ether oxygens (including phenoxy) is 1. The summed E-state index contributed by atoms with van der Waals surface area (Å²) < 4.78 is 34.3. The first-order chi connectivity index (χ1) is 13.7. The second kappa shape index (κ2) is 5.71. The van der Waals surface area contributed by atoms with Crippen LogP contribution in [0.4, 0.5) is 8.78 Å². The molecule has 0 aliphatic heterocycles. The van der Waals surface area contributed by atoms with Gasteiger partial charge in [-0.1, -0.05) is 0 Å². The molecule has 0 spiro atoms. The van der Waals surface area contributed by atoms with Crippen molar-refractivity contribution in [3.05, 3.63) is 54.1 Å². The fourth-order valence-corrected chi connectivity index (χ4v) is 4.59. The molecule has 3 nitrogen and oxygen atoms in total. The van der Waals surface area contributed by atoms with Gasteiger partial charge < -0.3 is 14.7 Å². The highest BCUT2D eigenvalue weighted by atomic mass is 19.1. The van der Waals surface area contributed by atoms with Gasteiger partial charge in [-0.15, -0.1) is 0 Å². The molecule has 140 valence electrons. The van der Waals surface area contributed by atoms with Crippen molar-refractivity contribution in [3.8, 4) is 5.75 Å². The summed E-state index contributed by atoms with van der Waals surface area (Å²) in [5.74, 6) is 0.182. The second-order valence-electron chi connectivity index (χ2n) is 7.70. The molecule has 1 fully saturated rings. The first-order valence-corrected chi connectivity index (χ1v) is 9.69. The number of halogens is 2. The maximum Gasteiger partial charge on any atom is 0.167 e. The van der Waals surface area contributed by atoms with E-state index in [2.05, 4.69) is 9.97 Å². The number of rotatable bonds is 2. The molecule has 5 heteroatoms. The molecular weight excluding hydrogens is 358 g/mol. The standard InChI is InChI=1S/C23H18F2N2O/c24-12-5-7-19-15(9-12)17-11-18-16-10-13(25)6-8-20(16)27-22(18)23(21(17)26-19)28-14-3-1-2-4-14/h5-11,14,26-27H,1-4H2. The Balaban J connectivity index is 1.75. The predicted molar refractivity (Wildman–Crippen MR) is 108 cm³/mol. The molecule has 5 aromatic rings. The van der Waals surface area contributed by atoms with Crippen LogP contribution in [-0.2, 0) is 0 Å². The van der Waals surface area contributed by atoms with Crippen LogP contribution in [0.3, 0.4) is 0 Å². The quantitative estimate of drug-likeness (QED) is 0.360. The van der Waals surface area contributed by atoms with E-state index < -0.39 is 0 Å². The van der Waals surface area contributed by atoms with Gasteiger partial charge in [0.25, 0.3) is 0 Å². The average molecular weight is 376 g/mol. The van der Waals surface area contributed by atoms with Gasteiger partial charge in [0.2, 0.25) is 0 Å². The lowest BCUT2D eigenvalue weighted by atomic mass is 10.1. The number of benzene rings is 3. The summed E-state index contributed by atoms with van der Waals surface area (Å²) in [6.45, 7) is 0. The van der Waals surface area contributed by atoms with Crippen LogP contribution < -0.4 is 4.74 Å². The third-order valence-corrected chi connectivity index (χ3v) is 5.93. The minimum atomic E-state index is -0.281. The van der Waals surface area contributed by atoms with E-state index in [0.717, 1.165) is 62.2 Å². The number of H-pyrrole nitrogens is 2. The molecule has 2 aromatic heterocycles. The summed E-state index contributed by atoms with van der Waals surface area (Å²) in [5.41, 5.74) is 3.42. The van der Waals surface area contributed by atoms with E-state index in [1.165, 1.54) is 37.1 Å². The van der Waals surface area contributed by atoms with E-state index in [1.54, 1.807) is 12.1 Å². The molecule has 3 aromatic carbocycles. The van der Waals surface area contributed by atoms with Crippen LogP contribution >= 0.6 is 0 Å². The Morgan fingerprint density at radius 3 is 1.79 bits per heavy atom. The van der Waals surface area contributed by atoms with Gasteiger partial charge in [-0.25, -0.2) is 8.78 Å². The molecule has 0 unspecified atom stereocenters. The Bertz CT molecular complexity index is 1280. The average Bonchev–Trinajstić information content (AvgIpc) is 3.39. The molecule has 0 amide bonds. The molecule has 1 aliphatic rings. The lowest BCUT2D eigenvalue weighted by Gasteiger charge is -2.15. The maximum absolute atomic E-state index is 13.9. The summed E-state index contributed by atoms with van der Waals surface area (Å²) in [6, 6.07) is 11.5. The molecule has 28 heavy (non-hydrogen) atoms. The normalized spacial score (nSPS) is 15.5. The first-order valence-electron chi connectivity index (χ1n) is 9.69. The van der Waals surface area contributed by atoms with Crippen LogP contribution in [0, 0.1) is 11.6 Å². The molecule has 1 aliphatic carbocycles. The highest BCUT2D eigenvalue weighted by Crippen LogP contribution is 2.42. The zero-order valence-corrected chi connectivity index (χ0v) is 15.1. The van der Waals surface area contributed by atoms with Crippen LogP contribution in [0.25, 0.3) is 43.6 Å². The topological polar surface area (TPSA) is 40.8 Å². The Hall–Kier alpha value is -3.08. The SMILES string of the molecule is Fc1ccc2[nH]c3c(OC4CCCC4)c4[nH]c5ccc(F)cc5c4cc3c2c1. The summed E-state index contributed by atoms with van der Waals surface area (Å²) in [5, 5.41) is 3.39. The van der Waals surface area contributed by atoms with E-state index in [4.69, 9.17) is 4.74 Å². The highest BCUT2D eigenvalue weighted by molar-refractivity contribution is 6.20. The van der Waals surface area contributed by atoms with Gasteiger partial charge in [0.15, 0.2) is 5.75 Å². The third-order valence-electron chi connectivity index (χ3n) is 5.93. The van der Waals surface area contributed by atoms with Gasteiger partial charge in [-0.05, 0) is 68.1 Å². The van der Waals surface area contributed by atoms with Crippen molar-refractivity contribution < 1.29 is 13.5 Å². The zero-order chi connectivity index (χ0) is 18.8. The molecule has 2 heterocycles. The van der Waals surface area contributed by atoms with Crippen LogP contribution in [0.1, 0.15) is 25.7 Å². The summed E-state index contributed by atoms with van der Waals surface area (Å²) in [4.78, 5) is 6.82. The number of nitrogens with one attached hydrogen (secondary N) is 2. The molecule has 1 saturated carbocycles. The van der Waals surface area contributed by atoms with Crippen LogP contribution in [0.15, 0.2) is 42.5 Å². The Kier molecular flexibility index (Phi) is 3.25. The van der Waals surface area contributed by atoms with Gasteiger partial charge in [-0.3, -0.25) is 0 Å². The van der Waals surface area contributed by atoms with Crippen molar-refractivity contribution in [1.82, 2.24) is 9.97 Å². The lowest BCUT2D eigenvalue weighted by molar-refractivity contribution is 0.215. The fraction of sp³-hybridized carbons (Fsp3) is 0.217. The van der Waals surface area contributed by atoms with Crippen molar-refractivity contribution in [2.45, 2.75) is 31.8 Å². The van der Waals surface area contributed by atoms with Gasteiger partial charge in [-0.2, -0.15) is 0 Å². The van der Waals surface area contributed by atoms with Crippen molar-refractivity contribution in [2.24, 2.45) is 0 Å². The number of aromatic nitrogens is 2. The smallest absolute Gasteiger partial charge is 0.167 e. The van der Waals surface area contributed by atoms with Crippen molar-refractivity contribution in [3.63, 3.8) is 0 Å². The van der Waals surface area contributed by atoms with Crippen LogP contribution in [0.2, 0.25) is 0 Å². The maximum atomic E-state index is 13.9. The van der Waals surface area contributed by atoms with E-state index in [-0.39, 0.29) is 17.7 Å². The van der Waals surface area contributed by atoms with E-state index in [1.807, 2.05) is 6.07 Å². The second-order valence-corrected chi connectivity index (χ2v) is 7.70. The van der Waals surface area contributed by atoms with Gasteiger partial charge in [0, 0.05) is 32.6 Å². The van der Waals surface area contributed by atoms with E-state index in [9.17, 15) is 8.78 Å². The number of fused-ring (bicyclic) bond motifs is 6. The predicted octanol–water partition coefficient (Wildman–Crippen LogP) is 6.56. The molecule has 2 N–H and O–H groups in total. The molecular formula is C23H18F2N2O. The van der Waals surface area contributed by atoms with Gasteiger partial charge in [0.1, 0.15) is 11.6 Å². The minimum Gasteiger partial charge on any atom is -0.486 e. The highest BCUT2D eigenvalue weighted by Gasteiger charge is 2.23. The largest absolute Gasteiger partial charge is 0.486 e. The molecule has 0 bridgehead atoms. The zero-order valence-electron chi connectivity index (χ0n) is 15.1. The number of hydrogen-bond acceptors (Lipinski definition) is 1. The molecule has 0 atom stereocenters. The van der Waals surface area contributed by atoms with Gasteiger partial charge >= 0.3 is 0 Å². The monoisotopic (exact) mass is 376 g/mol. The minimum absolute atomic E-state index is 0.167. The fourth-order valence-electron chi connectivity index (χ4n) is 4.59. The number of hydrogen-bond donors (Lipinski definition) is 2. The van der Waals surface area contributed by atoms with Crippen LogP contribution in [0.5, 0.6) is 5.75 Å². The van der Waals surface area contributed by atoms with Gasteiger partial charge in [0.05, 0.1) is 17.1 Å².